The molecule has 0 spiro atoms. The Hall–Kier alpha value is -3.62. The zero-order chi connectivity index (χ0) is 30.2. The van der Waals surface area contributed by atoms with Crippen molar-refractivity contribution in [1.29, 1.82) is 0 Å². The van der Waals surface area contributed by atoms with Gasteiger partial charge in [0.1, 0.15) is 5.69 Å². The highest BCUT2D eigenvalue weighted by Crippen LogP contribution is 2.40. The summed E-state index contributed by atoms with van der Waals surface area (Å²) in [7, 11) is 5.40. The summed E-state index contributed by atoms with van der Waals surface area (Å²) in [6.07, 6.45) is 5.84. The van der Waals surface area contributed by atoms with E-state index in [4.69, 9.17) is 16.3 Å². The van der Waals surface area contributed by atoms with Gasteiger partial charge in [-0.05, 0) is 50.6 Å². The van der Waals surface area contributed by atoms with Gasteiger partial charge in [0.2, 0.25) is 6.41 Å². The maximum Gasteiger partial charge on any atom is 0.218 e. The van der Waals surface area contributed by atoms with Crippen molar-refractivity contribution in [2.45, 2.75) is 40.2 Å². The van der Waals surface area contributed by atoms with Gasteiger partial charge in [0, 0.05) is 75.0 Å². The number of benzene rings is 2. The average molecular weight is 579 g/mol. The Balaban J connectivity index is 0.00000226. The molecule has 0 bridgehead atoms. The highest BCUT2D eigenvalue weighted by atomic mass is 35.5. The van der Waals surface area contributed by atoms with E-state index in [1.807, 2.05) is 57.1 Å². The van der Waals surface area contributed by atoms with Crippen LogP contribution in [0.25, 0.3) is 22.4 Å². The number of rotatable bonds is 8. The molecule has 1 fully saturated rings. The topological polar surface area (TPSA) is 65.0 Å². The Morgan fingerprint density at radius 3 is 2.27 bits per heavy atom. The molecule has 1 amide bonds. The first-order valence-electron chi connectivity index (χ1n) is 14.0. The molecule has 2 heterocycles. The molecule has 0 unspecified atom stereocenters. The predicted octanol–water partition coefficient (Wildman–Crippen LogP) is 6.41. The predicted molar refractivity (Wildman–Crippen MR) is 171 cm³/mol. The van der Waals surface area contributed by atoms with Crippen molar-refractivity contribution in [1.82, 2.24) is 20.0 Å². The van der Waals surface area contributed by atoms with Gasteiger partial charge in [-0.3, -0.25) is 14.6 Å². The van der Waals surface area contributed by atoms with Gasteiger partial charge in [-0.25, -0.2) is 0 Å². The second-order valence-electron chi connectivity index (χ2n) is 10.8. The Morgan fingerprint density at radius 2 is 1.68 bits per heavy atom. The summed E-state index contributed by atoms with van der Waals surface area (Å²) in [4.78, 5) is 19.9. The lowest BCUT2D eigenvalue weighted by Gasteiger charge is -2.43. The van der Waals surface area contributed by atoms with Crippen molar-refractivity contribution in [3.63, 3.8) is 0 Å². The number of hydrogen-bond donors (Lipinski definition) is 0. The minimum atomic E-state index is 0.173. The number of carbonyl (C=O) groups excluding carboxylic acids is 1. The molecule has 1 saturated heterocycles. The second kappa shape index (κ2) is 14.3. The number of amides is 1. The number of ether oxygens (including phenoxy) is 1. The molecule has 1 aromatic heterocycles. The molecule has 41 heavy (non-hydrogen) atoms. The Morgan fingerprint density at radius 1 is 0.976 bits per heavy atom. The largest absolute Gasteiger partial charge is 0.494 e. The van der Waals surface area contributed by atoms with Crippen LogP contribution in [0, 0.1) is 0 Å². The molecule has 2 aromatic carbocycles. The molecule has 8 nitrogen and oxygen atoms in total. The fourth-order valence-electron chi connectivity index (χ4n) is 4.72. The van der Waals surface area contributed by atoms with Gasteiger partial charge in [0.05, 0.1) is 24.0 Å². The van der Waals surface area contributed by atoms with Gasteiger partial charge < -0.3 is 14.5 Å². The van der Waals surface area contributed by atoms with Crippen LogP contribution < -0.4 is 14.5 Å². The number of anilines is 2. The van der Waals surface area contributed by atoms with Crippen molar-refractivity contribution in [2.75, 3.05) is 57.2 Å². The normalized spacial score (nSPS) is 13.9. The number of carbonyl (C=O) groups is 1. The van der Waals surface area contributed by atoms with Crippen LogP contribution in [0.5, 0.6) is 5.75 Å². The molecule has 0 N–H and O–H groups in total. The number of aromatic nitrogens is 2. The van der Waals surface area contributed by atoms with Crippen LogP contribution in [0.2, 0.25) is 5.02 Å². The summed E-state index contributed by atoms with van der Waals surface area (Å²) in [5.74, 6) is 0.614. The molecular weight excluding hydrogens is 536 g/mol. The van der Waals surface area contributed by atoms with E-state index < -0.39 is 0 Å². The third-order valence-electron chi connectivity index (χ3n) is 6.90. The third-order valence-corrected chi connectivity index (χ3v) is 7.20. The first kappa shape index (κ1) is 31.9. The van der Waals surface area contributed by atoms with E-state index in [2.05, 4.69) is 59.0 Å². The lowest BCUT2D eigenvalue weighted by Crippen LogP contribution is -2.53. The number of piperazine rings is 1. The van der Waals surface area contributed by atoms with Crippen molar-refractivity contribution in [3.8, 4) is 28.1 Å². The zero-order valence-corrected chi connectivity index (χ0v) is 26.3. The van der Waals surface area contributed by atoms with E-state index >= 15 is 0 Å². The SMILES string of the molecule is CC.COc1c(-c2ccc(N(C=O)/C=C\N(C)C)c(Cl)c2)cnnc1-c1cccc(N2CCN(C(C)(C)C)CC2)c1. The smallest absolute Gasteiger partial charge is 0.218 e. The molecule has 0 atom stereocenters. The molecule has 0 saturated carbocycles. The second-order valence-corrected chi connectivity index (χ2v) is 11.2. The molecule has 3 aromatic rings. The van der Waals surface area contributed by atoms with Gasteiger partial charge in [-0.1, -0.05) is 43.6 Å². The lowest BCUT2D eigenvalue weighted by atomic mass is 10.0. The molecule has 1 aliphatic heterocycles. The van der Waals surface area contributed by atoms with E-state index in [9.17, 15) is 4.79 Å². The van der Waals surface area contributed by atoms with Crippen molar-refractivity contribution in [2.24, 2.45) is 0 Å². The van der Waals surface area contributed by atoms with Crippen molar-refractivity contribution >= 4 is 29.4 Å². The van der Waals surface area contributed by atoms with Crippen LogP contribution >= 0.6 is 11.6 Å². The van der Waals surface area contributed by atoms with E-state index in [1.165, 1.54) is 4.90 Å². The van der Waals surface area contributed by atoms with Crippen molar-refractivity contribution in [3.05, 3.63) is 66.1 Å². The third kappa shape index (κ3) is 7.77. The number of methoxy groups -OCH3 is 1. The molecule has 9 heteroatoms. The van der Waals surface area contributed by atoms with E-state index in [-0.39, 0.29) is 5.54 Å². The van der Waals surface area contributed by atoms with E-state index in [1.54, 1.807) is 25.7 Å². The van der Waals surface area contributed by atoms with Crippen LogP contribution in [-0.2, 0) is 4.79 Å². The summed E-state index contributed by atoms with van der Waals surface area (Å²) in [6, 6.07) is 13.9. The molecule has 4 rings (SSSR count). The first-order chi connectivity index (χ1) is 19.6. The van der Waals surface area contributed by atoms with Gasteiger partial charge in [-0.2, -0.15) is 5.10 Å². The molecular formula is C32H43ClN6O2. The Labute approximate surface area is 250 Å². The fraction of sp³-hybridized carbons (Fsp3) is 0.406. The summed E-state index contributed by atoms with van der Waals surface area (Å²) in [5.41, 5.74) is 5.08. The quantitative estimate of drug-likeness (QED) is 0.286. The number of nitrogens with zero attached hydrogens (tertiary/aromatic N) is 6. The minimum Gasteiger partial charge on any atom is -0.494 e. The van der Waals surface area contributed by atoms with Crippen LogP contribution in [0.3, 0.4) is 0 Å². The van der Waals surface area contributed by atoms with Gasteiger partial charge in [-0.15, -0.1) is 5.10 Å². The number of hydrogen-bond acceptors (Lipinski definition) is 7. The fourth-order valence-corrected chi connectivity index (χ4v) is 5.00. The Kier molecular flexibility index (Phi) is 11.1. The van der Waals surface area contributed by atoms with E-state index in [0.717, 1.165) is 55.0 Å². The molecule has 1 aliphatic rings. The van der Waals surface area contributed by atoms with Gasteiger partial charge in [0.25, 0.3) is 0 Å². The Bertz CT molecular complexity index is 1330. The number of halogens is 1. The lowest BCUT2D eigenvalue weighted by molar-refractivity contribution is -0.106. The highest BCUT2D eigenvalue weighted by Gasteiger charge is 2.26. The summed E-state index contributed by atoms with van der Waals surface area (Å²) in [6.45, 7) is 14.8. The van der Waals surface area contributed by atoms with Crippen LogP contribution in [-0.4, -0.2) is 79.3 Å². The van der Waals surface area contributed by atoms with Gasteiger partial charge in [0.15, 0.2) is 5.75 Å². The molecule has 0 aliphatic carbocycles. The first-order valence-corrected chi connectivity index (χ1v) is 14.4. The van der Waals surface area contributed by atoms with Crippen molar-refractivity contribution < 1.29 is 9.53 Å². The maximum atomic E-state index is 11.7. The highest BCUT2D eigenvalue weighted by molar-refractivity contribution is 6.34. The zero-order valence-electron chi connectivity index (χ0n) is 25.6. The van der Waals surface area contributed by atoms with Gasteiger partial charge >= 0.3 is 0 Å². The summed E-state index contributed by atoms with van der Waals surface area (Å²) in [5, 5.41) is 9.19. The van der Waals surface area contributed by atoms with E-state index in [0.29, 0.717) is 22.2 Å². The van der Waals surface area contributed by atoms with Crippen LogP contribution in [0.1, 0.15) is 34.6 Å². The van der Waals surface area contributed by atoms with Crippen LogP contribution in [0.4, 0.5) is 11.4 Å². The standard InChI is InChI=1S/C30H37ClN6O2.C2H6/c1-30(2,3)37-16-14-35(15-17-37)24-9-7-8-23(18-24)28-29(39-6)25(20-32-33-28)22-10-11-27(26(31)19-22)36(21-38)13-12-34(4)5;1-2/h7-13,18-21H,14-17H2,1-6H3;1-2H3/b13-12-;. The average Bonchev–Trinajstić information content (AvgIpc) is 2.98. The molecule has 0 radical (unpaired) electrons. The monoisotopic (exact) mass is 578 g/mol. The minimum absolute atomic E-state index is 0.173. The summed E-state index contributed by atoms with van der Waals surface area (Å²) < 4.78 is 5.88. The summed E-state index contributed by atoms with van der Waals surface area (Å²) >= 11 is 6.63. The molecule has 220 valence electrons. The van der Waals surface area contributed by atoms with Crippen LogP contribution in [0.15, 0.2) is 61.1 Å². The maximum absolute atomic E-state index is 11.7.